The first-order valence-electron chi connectivity index (χ1n) is 9.92. The highest BCUT2D eigenvalue weighted by atomic mass is 35.5. The monoisotopic (exact) mass is 450 g/mol. The number of halogens is 3. The zero-order valence-electron chi connectivity index (χ0n) is 16.6. The summed E-state index contributed by atoms with van der Waals surface area (Å²) >= 11 is 6.04. The Balaban J connectivity index is 1.45. The quantitative estimate of drug-likeness (QED) is 0.588. The topological polar surface area (TPSA) is 96.0 Å². The van der Waals surface area contributed by atoms with Crippen molar-refractivity contribution in [3.05, 3.63) is 35.5 Å². The number of nitrogens with one attached hydrogen (secondary N) is 2. The molecule has 0 radical (unpaired) electrons. The van der Waals surface area contributed by atoms with E-state index in [1.807, 2.05) is 0 Å². The van der Waals surface area contributed by atoms with Gasteiger partial charge in [0.05, 0.1) is 11.2 Å². The minimum atomic E-state index is -0.710. The summed E-state index contributed by atoms with van der Waals surface area (Å²) in [6, 6.07) is 1.74. The van der Waals surface area contributed by atoms with Gasteiger partial charge in [0.2, 0.25) is 0 Å². The van der Waals surface area contributed by atoms with E-state index in [-0.39, 0.29) is 18.3 Å². The third-order valence-electron chi connectivity index (χ3n) is 5.12. The first kappa shape index (κ1) is 21.2. The summed E-state index contributed by atoms with van der Waals surface area (Å²) in [5.74, 6) is -0.0823. The van der Waals surface area contributed by atoms with Crippen molar-refractivity contribution in [2.75, 3.05) is 38.2 Å². The molecule has 2 N–H and O–H groups in total. The number of amides is 1. The summed E-state index contributed by atoms with van der Waals surface area (Å²) in [5.41, 5.74) is 1.29. The van der Waals surface area contributed by atoms with Gasteiger partial charge >= 0.3 is 6.09 Å². The van der Waals surface area contributed by atoms with Crippen molar-refractivity contribution in [2.45, 2.75) is 12.8 Å². The van der Waals surface area contributed by atoms with Crippen LogP contribution in [0.3, 0.4) is 0 Å². The van der Waals surface area contributed by atoms with Crippen molar-refractivity contribution in [3.63, 3.8) is 0 Å². The maximum Gasteiger partial charge on any atom is 0.409 e. The maximum atomic E-state index is 14.3. The van der Waals surface area contributed by atoms with Crippen LogP contribution in [0.1, 0.15) is 12.8 Å². The minimum absolute atomic E-state index is 0.0754. The number of aromatic nitrogens is 4. The van der Waals surface area contributed by atoms with Gasteiger partial charge in [0.15, 0.2) is 17.5 Å². The van der Waals surface area contributed by atoms with Crippen molar-refractivity contribution in [3.8, 4) is 11.4 Å². The minimum Gasteiger partial charge on any atom is -0.447 e. The second kappa shape index (κ2) is 9.42. The van der Waals surface area contributed by atoms with Gasteiger partial charge in [-0.1, -0.05) is 11.6 Å². The highest BCUT2D eigenvalue weighted by molar-refractivity contribution is 6.31. The van der Waals surface area contributed by atoms with Crippen LogP contribution in [0.2, 0.25) is 5.02 Å². The Bertz CT molecular complexity index is 1080. The molecule has 164 valence electrons. The number of aromatic amines is 1. The lowest BCUT2D eigenvalue weighted by atomic mass is 9.98. The molecule has 1 aliphatic heterocycles. The number of H-pyrrole nitrogens is 1. The summed E-state index contributed by atoms with van der Waals surface area (Å²) in [7, 11) is 0. The number of hydrogen-bond acceptors (Lipinski definition) is 6. The molecule has 1 amide bonds. The second-order valence-electron chi connectivity index (χ2n) is 7.28. The Morgan fingerprint density at radius 3 is 3.10 bits per heavy atom. The van der Waals surface area contributed by atoms with Crippen molar-refractivity contribution in [2.24, 2.45) is 5.92 Å². The van der Waals surface area contributed by atoms with E-state index in [0.717, 1.165) is 24.4 Å². The van der Waals surface area contributed by atoms with Gasteiger partial charge in [-0.05, 0) is 24.8 Å². The third kappa shape index (κ3) is 4.84. The van der Waals surface area contributed by atoms with E-state index in [1.165, 1.54) is 6.20 Å². The molecule has 11 heteroatoms. The van der Waals surface area contributed by atoms with Crippen LogP contribution in [0.25, 0.3) is 22.4 Å². The Kier molecular flexibility index (Phi) is 6.45. The number of hydrogen-bond donors (Lipinski definition) is 2. The number of rotatable bonds is 6. The van der Waals surface area contributed by atoms with Gasteiger partial charge in [0.1, 0.15) is 18.9 Å². The average Bonchev–Trinajstić information content (AvgIpc) is 3.20. The van der Waals surface area contributed by atoms with Crippen LogP contribution in [0.5, 0.6) is 0 Å². The molecule has 3 aromatic heterocycles. The molecule has 1 saturated heterocycles. The van der Waals surface area contributed by atoms with Gasteiger partial charge in [-0.15, -0.1) is 0 Å². The normalized spacial score (nSPS) is 16.5. The highest BCUT2D eigenvalue weighted by Crippen LogP contribution is 2.28. The number of piperidine rings is 1. The van der Waals surface area contributed by atoms with Crippen molar-refractivity contribution < 1.29 is 18.3 Å². The third-order valence-corrected chi connectivity index (χ3v) is 5.33. The number of alkyl halides is 1. The lowest BCUT2D eigenvalue weighted by Gasteiger charge is -2.32. The highest BCUT2D eigenvalue weighted by Gasteiger charge is 2.25. The average molecular weight is 451 g/mol. The molecular formula is C20H21ClF2N6O2. The van der Waals surface area contributed by atoms with Crippen molar-refractivity contribution >= 4 is 34.5 Å². The van der Waals surface area contributed by atoms with Gasteiger partial charge in [0, 0.05) is 43.0 Å². The van der Waals surface area contributed by atoms with Crippen LogP contribution in [0, 0.1) is 11.7 Å². The number of carbonyl (C=O) groups is 1. The lowest BCUT2D eigenvalue weighted by molar-refractivity contribution is 0.0810. The predicted molar refractivity (Wildman–Crippen MR) is 112 cm³/mol. The number of nitrogens with zero attached hydrogens (tertiary/aromatic N) is 4. The molecule has 0 spiro atoms. The summed E-state index contributed by atoms with van der Waals surface area (Å²) < 4.78 is 31.4. The Hall–Kier alpha value is -3.01. The summed E-state index contributed by atoms with van der Waals surface area (Å²) in [6.07, 6.45) is 5.48. The second-order valence-corrected chi connectivity index (χ2v) is 7.72. The molecule has 4 heterocycles. The SMILES string of the molecule is O=C(OCCF)N1CCC[C@H](CNc2nc(-c3c[nH]c4ncc(Cl)cc34)ncc2F)C1. The van der Waals surface area contributed by atoms with E-state index in [0.29, 0.717) is 41.7 Å². The molecular weight excluding hydrogens is 430 g/mol. The summed E-state index contributed by atoms with van der Waals surface area (Å²) in [4.78, 5) is 29.2. The Morgan fingerprint density at radius 2 is 2.26 bits per heavy atom. The van der Waals surface area contributed by atoms with E-state index in [9.17, 15) is 13.6 Å². The molecule has 1 aliphatic rings. The smallest absolute Gasteiger partial charge is 0.409 e. The van der Waals surface area contributed by atoms with Gasteiger partial charge in [-0.3, -0.25) is 0 Å². The van der Waals surface area contributed by atoms with E-state index in [2.05, 4.69) is 25.3 Å². The van der Waals surface area contributed by atoms with Crippen LogP contribution < -0.4 is 5.32 Å². The molecule has 0 bridgehead atoms. The number of carbonyl (C=O) groups excluding carboxylic acids is 1. The molecule has 3 aromatic rings. The number of likely N-dealkylation sites (tertiary alicyclic amines) is 1. The van der Waals surface area contributed by atoms with Crippen molar-refractivity contribution in [1.82, 2.24) is 24.8 Å². The Labute approximate surface area is 182 Å². The van der Waals surface area contributed by atoms with E-state index in [4.69, 9.17) is 16.3 Å². The zero-order valence-corrected chi connectivity index (χ0v) is 17.3. The number of anilines is 1. The first-order valence-corrected chi connectivity index (χ1v) is 10.3. The first-order chi connectivity index (χ1) is 15.0. The number of ether oxygens (including phenoxy) is 1. The van der Waals surface area contributed by atoms with E-state index < -0.39 is 18.6 Å². The van der Waals surface area contributed by atoms with Crippen LogP contribution >= 0.6 is 11.6 Å². The molecule has 1 fully saturated rings. The lowest BCUT2D eigenvalue weighted by Crippen LogP contribution is -2.42. The van der Waals surface area contributed by atoms with Crippen LogP contribution in [0.15, 0.2) is 24.7 Å². The van der Waals surface area contributed by atoms with Crippen LogP contribution in [0.4, 0.5) is 19.4 Å². The molecule has 31 heavy (non-hydrogen) atoms. The fraction of sp³-hybridized carbons (Fsp3) is 0.400. The van der Waals surface area contributed by atoms with Crippen molar-refractivity contribution in [1.29, 1.82) is 0 Å². The maximum absolute atomic E-state index is 14.3. The van der Waals surface area contributed by atoms with E-state index >= 15 is 0 Å². The summed E-state index contributed by atoms with van der Waals surface area (Å²) in [6.45, 7) is 0.469. The van der Waals surface area contributed by atoms with Gasteiger partial charge < -0.3 is 19.9 Å². The standard InChI is InChI=1S/C20H21ClF2N6O2/c21-13-6-14-15(9-26-17(14)25-8-13)18-27-10-16(23)19(28-18)24-7-12-2-1-4-29(11-12)20(30)31-5-3-22/h6,8-10,12H,1-5,7,11H2,(H,25,26)(H,24,27,28)/t12-/m1/s1. The number of pyridine rings is 1. The predicted octanol–water partition coefficient (Wildman–Crippen LogP) is 4.04. The molecule has 0 aromatic carbocycles. The van der Waals surface area contributed by atoms with Gasteiger partial charge in [-0.25, -0.2) is 28.5 Å². The fourth-order valence-corrected chi connectivity index (χ4v) is 3.80. The summed E-state index contributed by atoms with van der Waals surface area (Å²) in [5, 5.41) is 4.24. The van der Waals surface area contributed by atoms with Crippen LogP contribution in [-0.2, 0) is 4.74 Å². The Morgan fingerprint density at radius 1 is 1.39 bits per heavy atom. The van der Waals surface area contributed by atoms with Gasteiger partial charge in [0.25, 0.3) is 0 Å². The molecule has 4 rings (SSSR count). The van der Waals surface area contributed by atoms with Gasteiger partial charge in [-0.2, -0.15) is 0 Å². The zero-order chi connectivity index (χ0) is 21.8. The van der Waals surface area contributed by atoms with Crippen LogP contribution in [-0.4, -0.2) is 63.8 Å². The largest absolute Gasteiger partial charge is 0.447 e. The fourth-order valence-electron chi connectivity index (χ4n) is 3.64. The molecule has 1 atom stereocenters. The number of fused-ring (bicyclic) bond motifs is 1. The molecule has 8 nitrogen and oxygen atoms in total. The van der Waals surface area contributed by atoms with E-state index in [1.54, 1.807) is 17.2 Å². The molecule has 0 saturated carbocycles. The molecule has 0 aliphatic carbocycles. The molecule has 0 unspecified atom stereocenters.